The molecule has 1 N–H and O–H groups in total. The van der Waals surface area contributed by atoms with Crippen molar-refractivity contribution in [2.24, 2.45) is 0 Å². The zero-order chi connectivity index (χ0) is 8.39. The molecule has 0 amide bonds. The summed E-state index contributed by atoms with van der Waals surface area (Å²) >= 11 is 0. The molecule has 12 heavy (non-hydrogen) atoms. The third-order valence-corrected chi connectivity index (χ3v) is 1.92. The van der Waals surface area contributed by atoms with E-state index in [4.69, 9.17) is 0 Å². The second kappa shape index (κ2) is 2.81. The van der Waals surface area contributed by atoms with Gasteiger partial charge in [0.15, 0.2) is 11.0 Å². The van der Waals surface area contributed by atoms with E-state index in [1.807, 2.05) is 24.5 Å². The van der Waals surface area contributed by atoms with Crippen molar-refractivity contribution in [3.63, 3.8) is 0 Å². The van der Waals surface area contributed by atoms with Gasteiger partial charge in [0.05, 0.1) is 0 Å². The van der Waals surface area contributed by atoms with E-state index >= 15 is 0 Å². The summed E-state index contributed by atoms with van der Waals surface area (Å²) in [5.41, 5.74) is 2.39. The number of allylic oxidation sites excluding steroid dienone is 1. The molecule has 2 rings (SSSR count). The Morgan fingerprint density at radius 2 is 2.25 bits per heavy atom. The van der Waals surface area contributed by atoms with Gasteiger partial charge in [0.1, 0.15) is 6.54 Å². The number of rotatable bonds is 2. The van der Waals surface area contributed by atoms with Gasteiger partial charge in [-0.3, -0.25) is 0 Å². The lowest BCUT2D eigenvalue weighted by Gasteiger charge is -1.89. The molecule has 0 aliphatic rings. The minimum atomic E-state index is 0.851. The molecular formula is C10H11N2+. The maximum absolute atomic E-state index is 3.71. The van der Waals surface area contributed by atoms with Crippen LogP contribution in [0.2, 0.25) is 0 Å². The van der Waals surface area contributed by atoms with E-state index in [1.165, 1.54) is 11.0 Å². The highest BCUT2D eigenvalue weighted by Gasteiger charge is 2.04. The molecule has 0 atom stereocenters. The molecule has 0 aliphatic carbocycles. The molecule has 2 aromatic rings. The van der Waals surface area contributed by atoms with Gasteiger partial charge in [-0.1, -0.05) is 24.8 Å². The molecule has 2 heteroatoms. The lowest BCUT2D eigenvalue weighted by molar-refractivity contribution is -0.660. The minimum Gasteiger partial charge on any atom is -0.243 e. The fourth-order valence-corrected chi connectivity index (χ4v) is 1.35. The normalized spacial score (nSPS) is 10.3. The van der Waals surface area contributed by atoms with Crippen molar-refractivity contribution < 1.29 is 4.57 Å². The number of aromatic amines is 1. The minimum absolute atomic E-state index is 0.851. The summed E-state index contributed by atoms with van der Waals surface area (Å²) in [4.78, 5) is 3.19. The Morgan fingerprint density at radius 3 is 3.08 bits per heavy atom. The Morgan fingerprint density at radius 1 is 1.42 bits per heavy atom. The van der Waals surface area contributed by atoms with Crippen LogP contribution in [-0.4, -0.2) is 4.98 Å². The maximum Gasteiger partial charge on any atom is 0.242 e. The van der Waals surface area contributed by atoms with Crippen molar-refractivity contribution in [1.29, 1.82) is 0 Å². The fraction of sp³-hybridized carbons (Fsp3) is 0.100. The number of aromatic nitrogens is 2. The summed E-state index contributed by atoms with van der Waals surface area (Å²) in [7, 11) is 0. The number of imidazole rings is 1. The lowest BCUT2D eigenvalue weighted by atomic mass is 10.3. The Hall–Kier alpha value is -1.57. The van der Waals surface area contributed by atoms with Crippen LogP contribution in [0.1, 0.15) is 0 Å². The molecule has 1 heterocycles. The molecule has 2 nitrogen and oxygen atoms in total. The summed E-state index contributed by atoms with van der Waals surface area (Å²) < 4.78 is 2.13. The first-order valence-corrected chi connectivity index (χ1v) is 3.98. The summed E-state index contributed by atoms with van der Waals surface area (Å²) in [5.74, 6) is 0. The van der Waals surface area contributed by atoms with E-state index < -0.39 is 0 Å². The highest BCUT2D eigenvalue weighted by molar-refractivity contribution is 5.70. The quantitative estimate of drug-likeness (QED) is 0.507. The van der Waals surface area contributed by atoms with Crippen molar-refractivity contribution in [1.82, 2.24) is 4.98 Å². The zero-order valence-electron chi connectivity index (χ0n) is 6.83. The number of nitrogens with zero attached hydrogens (tertiary/aromatic N) is 1. The summed E-state index contributed by atoms with van der Waals surface area (Å²) in [6.07, 6.45) is 3.85. The van der Waals surface area contributed by atoms with Gasteiger partial charge < -0.3 is 0 Å². The van der Waals surface area contributed by atoms with Crippen LogP contribution in [0.4, 0.5) is 0 Å². The smallest absolute Gasteiger partial charge is 0.242 e. The van der Waals surface area contributed by atoms with E-state index in [0.29, 0.717) is 0 Å². The summed E-state index contributed by atoms with van der Waals surface area (Å²) in [6.45, 7) is 4.56. The third kappa shape index (κ3) is 1.01. The van der Waals surface area contributed by atoms with E-state index in [9.17, 15) is 0 Å². The van der Waals surface area contributed by atoms with Gasteiger partial charge in [-0.15, -0.1) is 0 Å². The molecule has 1 aromatic heterocycles. The number of fused-ring (bicyclic) bond motifs is 1. The van der Waals surface area contributed by atoms with Crippen LogP contribution in [0.3, 0.4) is 0 Å². The van der Waals surface area contributed by atoms with E-state index in [0.717, 1.165) is 6.54 Å². The number of H-pyrrole nitrogens is 1. The molecule has 0 spiro atoms. The van der Waals surface area contributed by atoms with Crippen LogP contribution >= 0.6 is 0 Å². The average Bonchev–Trinajstić information content (AvgIpc) is 2.50. The first-order valence-electron chi connectivity index (χ1n) is 3.98. The Bertz CT molecular complexity index is 401. The standard InChI is InChI=1S/C10H10N2/c1-2-7-12-8-11-9-5-3-4-6-10(9)12/h2-6,8H,1,7H2/p+1. The molecule has 0 saturated heterocycles. The Balaban J connectivity index is 2.62. The molecule has 0 fully saturated rings. The van der Waals surface area contributed by atoms with Gasteiger partial charge in [-0.25, -0.2) is 9.55 Å². The van der Waals surface area contributed by atoms with Crippen molar-refractivity contribution >= 4 is 11.0 Å². The fourth-order valence-electron chi connectivity index (χ4n) is 1.35. The van der Waals surface area contributed by atoms with Crippen molar-refractivity contribution in [2.75, 3.05) is 0 Å². The summed E-state index contributed by atoms with van der Waals surface area (Å²) in [5, 5.41) is 0. The molecule has 0 unspecified atom stereocenters. The number of hydrogen-bond acceptors (Lipinski definition) is 0. The SMILES string of the molecule is C=CC[n+]1c[nH]c2ccccc21. The Labute approximate surface area is 71.2 Å². The Kier molecular flexibility index (Phi) is 1.67. The van der Waals surface area contributed by atoms with Gasteiger partial charge in [0, 0.05) is 0 Å². The summed E-state index contributed by atoms with van der Waals surface area (Å²) in [6, 6.07) is 8.22. The highest BCUT2D eigenvalue weighted by atomic mass is 15.0. The third-order valence-electron chi connectivity index (χ3n) is 1.92. The van der Waals surface area contributed by atoms with Gasteiger partial charge in [-0.2, -0.15) is 0 Å². The monoisotopic (exact) mass is 159 g/mol. The van der Waals surface area contributed by atoms with Crippen molar-refractivity contribution in [3.8, 4) is 0 Å². The van der Waals surface area contributed by atoms with Gasteiger partial charge in [0.25, 0.3) is 0 Å². The van der Waals surface area contributed by atoms with Gasteiger partial charge in [-0.05, 0) is 12.1 Å². The van der Waals surface area contributed by atoms with E-state index in [2.05, 4.69) is 28.3 Å². The van der Waals surface area contributed by atoms with Crippen LogP contribution in [0.15, 0.2) is 43.2 Å². The molecule has 60 valence electrons. The molecule has 0 aliphatic heterocycles. The van der Waals surface area contributed by atoms with Crippen LogP contribution in [0.5, 0.6) is 0 Å². The zero-order valence-corrected chi connectivity index (χ0v) is 6.83. The van der Waals surface area contributed by atoms with E-state index in [1.54, 1.807) is 0 Å². The topological polar surface area (TPSA) is 19.7 Å². The predicted molar refractivity (Wildman–Crippen MR) is 48.7 cm³/mol. The van der Waals surface area contributed by atoms with Gasteiger partial charge in [0.2, 0.25) is 6.33 Å². The lowest BCUT2D eigenvalue weighted by Crippen LogP contribution is -2.30. The number of hydrogen-bond donors (Lipinski definition) is 1. The van der Waals surface area contributed by atoms with Crippen molar-refractivity contribution in [2.45, 2.75) is 6.54 Å². The molecule has 0 radical (unpaired) electrons. The molecule has 0 bridgehead atoms. The number of para-hydroxylation sites is 2. The number of benzene rings is 1. The van der Waals surface area contributed by atoms with Gasteiger partial charge >= 0.3 is 0 Å². The maximum atomic E-state index is 3.71. The van der Waals surface area contributed by atoms with Crippen LogP contribution in [0.25, 0.3) is 11.0 Å². The second-order valence-corrected chi connectivity index (χ2v) is 2.73. The number of nitrogens with one attached hydrogen (secondary N) is 1. The van der Waals surface area contributed by atoms with E-state index in [-0.39, 0.29) is 0 Å². The van der Waals surface area contributed by atoms with Crippen LogP contribution in [0, 0.1) is 0 Å². The van der Waals surface area contributed by atoms with Crippen LogP contribution in [-0.2, 0) is 6.54 Å². The molecular weight excluding hydrogens is 148 g/mol. The van der Waals surface area contributed by atoms with Crippen molar-refractivity contribution in [3.05, 3.63) is 43.2 Å². The van der Waals surface area contributed by atoms with Crippen LogP contribution < -0.4 is 4.57 Å². The largest absolute Gasteiger partial charge is 0.243 e. The first kappa shape index (κ1) is 7.10. The highest BCUT2D eigenvalue weighted by Crippen LogP contribution is 2.04. The average molecular weight is 159 g/mol. The predicted octanol–water partition coefficient (Wildman–Crippen LogP) is 1.64. The molecule has 0 saturated carbocycles. The second-order valence-electron chi connectivity index (χ2n) is 2.73. The first-order chi connectivity index (χ1) is 5.92. The molecule has 1 aromatic carbocycles.